The van der Waals surface area contributed by atoms with Crippen molar-refractivity contribution in [1.82, 2.24) is 10.3 Å². The number of pyridine rings is 1. The van der Waals surface area contributed by atoms with Crippen LogP contribution in [-0.4, -0.2) is 22.0 Å². The van der Waals surface area contributed by atoms with Gasteiger partial charge in [0, 0.05) is 11.8 Å². The number of rotatable bonds is 3. The van der Waals surface area contributed by atoms with E-state index in [-0.39, 0.29) is 11.6 Å². The number of carboxylic acids is 1. The number of nitrogens with one attached hydrogen (secondary N) is 1. The van der Waals surface area contributed by atoms with Crippen molar-refractivity contribution in [3.05, 3.63) is 65.0 Å². The highest BCUT2D eigenvalue weighted by atomic mass is 16.4. The van der Waals surface area contributed by atoms with Gasteiger partial charge in [-0.1, -0.05) is 24.3 Å². The van der Waals surface area contributed by atoms with Gasteiger partial charge in [-0.3, -0.25) is 4.79 Å². The lowest BCUT2D eigenvalue weighted by Crippen LogP contribution is -2.45. The minimum Gasteiger partial charge on any atom is -0.477 e. The molecule has 2 aromatic rings. The van der Waals surface area contributed by atoms with Crippen molar-refractivity contribution in [3.63, 3.8) is 0 Å². The predicted molar refractivity (Wildman–Crippen MR) is 85.4 cm³/mol. The molecule has 0 radical (unpaired) electrons. The average Bonchev–Trinajstić information content (AvgIpc) is 2.55. The van der Waals surface area contributed by atoms with Gasteiger partial charge in [-0.2, -0.15) is 0 Å². The number of fused-ring (bicyclic) bond motifs is 1. The van der Waals surface area contributed by atoms with Gasteiger partial charge in [-0.15, -0.1) is 0 Å². The molecule has 5 nitrogen and oxygen atoms in total. The van der Waals surface area contributed by atoms with Gasteiger partial charge in [-0.25, -0.2) is 9.78 Å². The van der Waals surface area contributed by atoms with Gasteiger partial charge in [0.1, 0.15) is 5.69 Å². The van der Waals surface area contributed by atoms with Crippen molar-refractivity contribution in [2.24, 2.45) is 0 Å². The standard InChI is InChI=1S/C18H18N2O3/c1-18(9-4-6-12-5-2-3-7-14(12)18)20-16(21)13-8-10-19-15(11-13)17(22)23/h2-3,5,7-8,10-11H,4,6,9H2,1H3,(H,20,21)(H,22,23). The van der Waals surface area contributed by atoms with Crippen LogP contribution in [0, 0.1) is 0 Å². The Balaban J connectivity index is 1.89. The normalized spacial score (nSPS) is 19.7. The number of nitrogens with zero attached hydrogens (tertiary/aromatic N) is 1. The fourth-order valence-corrected chi connectivity index (χ4v) is 3.18. The molecule has 3 rings (SSSR count). The van der Waals surface area contributed by atoms with Crippen LogP contribution in [0.3, 0.4) is 0 Å². The number of carbonyl (C=O) groups is 2. The number of aryl methyl sites for hydroxylation is 1. The molecule has 1 atom stereocenters. The summed E-state index contributed by atoms with van der Waals surface area (Å²) in [5.74, 6) is -1.43. The van der Waals surface area contributed by atoms with Crippen LogP contribution in [0.25, 0.3) is 0 Å². The number of benzene rings is 1. The summed E-state index contributed by atoms with van der Waals surface area (Å²) in [6.45, 7) is 2.02. The molecule has 0 saturated heterocycles. The highest BCUT2D eigenvalue weighted by Crippen LogP contribution is 2.35. The Labute approximate surface area is 134 Å². The maximum absolute atomic E-state index is 12.6. The van der Waals surface area contributed by atoms with E-state index in [2.05, 4.69) is 16.4 Å². The fraction of sp³-hybridized carbons (Fsp3) is 0.278. The average molecular weight is 310 g/mol. The third-order valence-corrected chi connectivity index (χ3v) is 4.37. The third-order valence-electron chi connectivity index (χ3n) is 4.37. The van der Waals surface area contributed by atoms with Crippen molar-refractivity contribution in [3.8, 4) is 0 Å². The number of carbonyl (C=O) groups excluding carboxylic acids is 1. The van der Waals surface area contributed by atoms with E-state index in [0.29, 0.717) is 5.56 Å². The summed E-state index contributed by atoms with van der Waals surface area (Å²) >= 11 is 0. The molecule has 0 fully saturated rings. The van der Waals surface area contributed by atoms with E-state index < -0.39 is 11.5 Å². The number of carboxylic acid groups (broad SMARTS) is 1. The van der Waals surface area contributed by atoms with E-state index >= 15 is 0 Å². The summed E-state index contributed by atoms with van der Waals surface area (Å²) in [6, 6.07) is 10.9. The molecule has 0 aliphatic heterocycles. The summed E-state index contributed by atoms with van der Waals surface area (Å²) in [6.07, 6.45) is 4.21. The van der Waals surface area contributed by atoms with Crippen LogP contribution in [0.5, 0.6) is 0 Å². The molecule has 1 aromatic heterocycles. The predicted octanol–water partition coefficient (Wildman–Crippen LogP) is 2.76. The minimum atomic E-state index is -1.14. The Morgan fingerprint density at radius 2 is 2.04 bits per heavy atom. The number of hydrogen-bond acceptors (Lipinski definition) is 3. The van der Waals surface area contributed by atoms with Gasteiger partial charge < -0.3 is 10.4 Å². The molecule has 1 unspecified atom stereocenters. The quantitative estimate of drug-likeness (QED) is 0.913. The highest BCUT2D eigenvalue weighted by Gasteiger charge is 2.33. The van der Waals surface area contributed by atoms with Crippen LogP contribution in [0.4, 0.5) is 0 Å². The molecular formula is C18H18N2O3. The summed E-state index contributed by atoms with van der Waals surface area (Å²) in [7, 11) is 0. The van der Waals surface area contributed by atoms with Crippen LogP contribution in [0.2, 0.25) is 0 Å². The second-order valence-electron chi connectivity index (χ2n) is 6.03. The molecule has 1 aliphatic carbocycles. The molecule has 1 aliphatic rings. The van der Waals surface area contributed by atoms with Crippen LogP contribution < -0.4 is 5.32 Å². The number of amides is 1. The molecule has 1 heterocycles. The van der Waals surface area contributed by atoms with Gasteiger partial charge in [0.05, 0.1) is 5.54 Å². The van der Waals surface area contributed by atoms with Gasteiger partial charge in [-0.05, 0) is 49.4 Å². The Hall–Kier alpha value is -2.69. The highest BCUT2D eigenvalue weighted by molar-refractivity contribution is 5.97. The molecule has 1 aromatic carbocycles. The first-order valence-corrected chi connectivity index (χ1v) is 7.60. The first-order valence-electron chi connectivity index (χ1n) is 7.60. The van der Waals surface area contributed by atoms with Crippen molar-refractivity contribution in [1.29, 1.82) is 0 Å². The Kier molecular flexibility index (Phi) is 3.86. The third kappa shape index (κ3) is 2.95. The number of aromatic nitrogens is 1. The van der Waals surface area contributed by atoms with Crippen molar-refractivity contribution < 1.29 is 14.7 Å². The summed E-state index contributed by atoms with van der Waals surface area (Å²) in [5.41, 5.74) is 2.11. The maximum atomic E-state index is 12.6. The molecule has 0 saturated carbocycles. The minimum absolute atomic E-state index is 0.133. The second-order valence-corrected chi connectivity index (χ2v) is 6.03. The number of hydrogen-bond donors (Lipinski definition) is 2. The van der Waals surface area contributed by atoms with Gasteiger partial charge in [0.2, 0.25) is 0 Å². The fourth-order valence-electron chi connectivity index (χ4n) is 3.18. The molecule has 5 heteroatoms. The summed E-state index contributed by atoms with van der Waals surface area (Å²) in [4.78, 5) is 27.3. The van der Waals surface area contributed by atoms with Gasteiger partial charge in [0.25, 0.3) is 5.91 Å². The molecule has 0 spiro atoms. The van der Waals surface area contributed by atoms with E-state index in [4.69, 9.17) is 5.11 Å². The summed E-state index contributed by atoms with van der Waals surface area (Å²) in [5, 5.41) is 12.1. The molecule has 1 amide bonds. The molecule has 23 heavy (non-hydrogen) atoms. The monoisotopic (exact) mass is 310 g/mol. The Morgan fingerprint density at radius 3 is 2.83 bits per heavy atom. The Morgan fingerprint density at radius 1 is 1.26 bits per heavy atom. The van der Waals surface area contributed by atoms with Crippen LogP contribution in [0.15, 0.2) is 42.6 Å². The van der Waals surface area contributed by atoms with Crippen LogP contribution in [0.1, 0.15) is 51.7 Å². The lowest BCUT2D eigenvalue weighted by molar-refractivity contribution is 0.0690. The topological polar surface area (TPSA) is 79.3 Å². The molecule has 118 valence electrons. The van der Waals surface area contributed by atoms with Crippen LogP contribution in [-0.2, 0) is 12.0 Å². The molecular weight excluding hydrogens is 292 g/mol. The van der Waals surface area contributed by atoms with Crippen molar-refractivity contribution in [2.75, 3.05) is 0 Å². The second kappa shape index (κ2) is 5.83. The smallest absolute Gasteiger partial charge is 0.354 e. The van der Waals surface area contributed by atoms with E-state index in [1.54, 1.807) is 0 Å². The number of aromatic carboxylic acids is 1. The van der Waals surface area contributed by atoms with Crippen molar-refractivity contribution >= 4 is 11.9 Å². The zero-order chi connectivity index (χ0) is 16.4. The largest absolute Gasteiger partial charge is 0.477 e. The van der Waals surface area contributed by atoms with Crippen LogP contribution >= 0.6 is 0 Å². The zero-order valence-corrected chi connectivity index (χ0v) is 12.9. The zero-order valence-electron chi connectivity index (χ0n) is 12.9. The summed E-state index contributed by atoms with van der Waals surface area (Å²) < 4.78 is 0. The van der Waals surface area contributed by atoms with E-state index in [9.17, 15) is 9.59 Å². The maximum Gasteiger partial charge on any atom is 0.354 e. The lowest BCUT2D eigenvalue weighted by atomic mass is 9.77. The SMILES string of the molecule is CC1(NC(=O)c2ccnc(C(=O)O)c2)CCCc2ccccc21. The van der Waals surface area contributed by atoms with E-state index in [1.165, 1.54) is 23.9 Å². The molecule has 0 bridgehead atoms. The van der Waals surface area contributed by atoms with E-state index in [0.717, 1.165) is 24.8 Å². The van der Waals surface area contributed by atoms with E-state index in [1.807, 2.05) is 25.1 Å². The Bertz CT molecular complexity index is 772. The van der Waals surface area contributed by atoms with Crippen molar-refractivity contribution in [2.45, 2.75) is 31.7 Å². The lowest BCUT2D eigenvalue weighted by Gasteiger charge is -2.37. The van der Waals surface area contributed by atoms with Gasteiger partial charge >= 0.3 is 5.97 Å². The molecule has 2 N–H and O–H groups in total. The van der Waals surface area contributed by atoms with Gasteiger partial charge in [0.15, 0.2) is 0 Å². The first-order chi connectivity index (χ1) is 11.0. The first kappa shape index (κ1) is 15.2.